The first-order valence-corrected chi connectivity index (χ1v) is 9.22. The maximum absolute atomic E-state index is 13.1. The Labute approximate surface area is 149 Å². The van der Waals surface area contributed by atoms with E-state index in [1.54, 1.807) is 25.4 Å². The molecule has 2 fully saturated rings. The van der Waals surface area contributed by atoms with Crippen molar-refractivity contribution in [2.45, 2.75) is 39.2 Å². The third-order valence-electron chi connectivity index (χ3n) is 5.21. The zero-order valence-electron chi connectivity index (χ0n) is 15.4. The monoisotopic (exact) mass is 344 g/mol. The van der Waals surface area contributed by atoms with Crippen molar-refractivity contribution in [2.75, 3.05) is 32.0 Å². The minimum absolute atomic E-state index is 0.0517. The average Bonchev–Trinajstić information content (AvgIpc) is 3.44. The zero-order valence-corrected chi connectivity index (χ0v) is 15.4. The molecule has 1 N–H and O–H groups in total. The van der Waals surface area contributed by atoms with E-state index in [2.05, 4.69) is 24.1 Å². The topological polar surface area (TPSA) is 65.5 Å². The summed E-state index contributed by atoms with van der Waals surface area (Å²) >= 11 is 0. The minimum Gasteiger partial charge on any atom is -0.372 e. The number of hydrogen-bond donors (Lipinski definition) is 1. The van der Waals surface area contributed by atoms with Gasteiger partial charge in [0.15, 0.2) is 0 Å². The maximum Gasteiger partial charge on any atom is 0.257 e. The minimum atomic E-state index is -0.0517. The SMILES string of the molecule is CNc1ncccc1C(=O)N1CCC(=O)N(CC2CC2)C(C(C)C)C1. The van der Waals surface area contributed by atoms with Crippen molar-refractivity contribution in [1.29, 1.82) is 0 Å². The molecule has 1 unspecified atom stereocenters. The second kappa shape index (κ2) is 7.42. The third kappa shape index (κ3) is 3.94. The van der Waals surface area contributed by atoms with Gasteiger partial charge in [0.25, 0.3) is 5.91 Å². The number of hydrogen-bond acceptors (Lipinski definition) is 4. The number of carbonyl (C=O) groups is 2. The summed E-state index contributed by atoms with van der Waals surface area (Å²) < 4.78 is 0. The first-order chi connectivity index (χ1) is 12.0. The molecule has 0 radical (unpaired) electrons. The molecule has 6 heteroatoms. The molecule has 1 aliphatic carbocycles. The summed E-state index contributed by atoms with van der Waals surface area (Å²) in [6.07, 6.45) is 4.51. The van der Waals surface area contributed by atoms with Gasteiger partial charge in [-0.05, 0) is 36.8 Å². The van der Waals surface area contributed by atoms with Gasteiger partial charge in [-0.1, -0.05) is 13.8 Å². The third-order valence-corrected chi connectivity index (χ3v) is 5.21. The van der Waals surface area contributed by atoms with Crippen LogP contribution in [0.4, 0.5) is 5.82 Å². The Morgan fingerprint density at radius 3 is 2.80 bits per heavy atom. The molecule has 1 saturated heterocycles. The van der Waals surface area contributed by atoms with Crippen molar-refractivity contribution in [3.63, 3.8) is 0 Å². The predicted molar refractivity (Wildman–Crippen MR) is 97.4 cm³/mol. The van der Waals surface area contributed by atoms with E-state index in [4.69, 9.17) is 0 Å². The van der Waals surface area contributed by atoms with Crippen LogP contribution in [0.25, 0.3) is 0 Å². The lowest BCUT2D eigenvalue weighted by molar-refractivity contribution is -0.133. The largest absolute Gasteiger partial charge is 0.372 e. The van der Waals surface area contributed by atoms with Crippen LogP contribution in [0.2, 0.25) is 0 Å². The molecule has 3 rings (SSSR count). The van der Waals surface area contributed by atoms with Crippen LogP contribution in [0.1, 0.15) is 43.5 Å². The van der Waals surface area contributed by atoms with Gasteiger partial charge in [0, 0.05) is 39.3 Å². The fourth-order valence-corrected chi connectivity index (χ4v) is 3.49. The van der Waals surface area contributed by atoms with Gasteiger partial charge in [-0.25, -0.2) is 4.98 Å². The number of aromatic nitrogens is 1. The number of pyridine rings is 1. The number of nitrogens with zero attached hydrogens (tertiary/aromatic N) is 3. The zero-order chi connectivity index (χ0) is 18.0. The predicted octanol–water partition coefficient (Wildman–Crippen LogP) is 2.23. The molecule has 1 aliphatic heterocycles. The summed E-state index contributed by atoms with van der Waals surface area (Å²) in [5.74, 6) is 1.68. The number of carbonyl (C=O) groups excluding carboxylic acids is 2. The Hall–Kier alpha value is -2.11. The molecule has 136 valence electrons. The van der Waals surface area contributed by atoms with E-state index in [1.807, 2.05) is 9.80 Å². The first kappa shape index (κ1) is 17.7. The second-order valence-electron chi connectivity index (χ2n) is 7.45. The van der Waals surface area contributed by atoms with Crippen LogP contribution in [0, 0.1) is 11.8 Å². The summed E-state index contributed by atoms with van der Waals surface area (Å²) in [7, 11) is 1.76. The van der Waals surface area contributed by atoms with Crippen molar-refractivity contribution in [1.82, 2.24) is 14.8 Å². The molecule has 0 bridgehead atoms. The molecule has 1 aromatic heterocycles. The lowest BCUT2D eigenvalue weighted by Crippen LogP contribution is -2.48. The molecule has 1 aromatic rings. The van der Waals surface area contributed by atoms with Crippen molar-refractivity contribution in [2.24, 2.45) is 11.8 Å². The fraction of sp³-hybridized carbons (Fsp3) is 0.632. The Bertz CT molecular complexity index is 642. The molecular formula is C19H28N4O2. The van der Waals surface area contributed by atoms with E-state index in [1.165, 1.54) is 12.8 Å². The van der Waals surface area contributed by atoms with E-state index in [-0.39, 0.29) is 17.9 Å². The molecule has 1 saturated carbocycles. The van der Waals surface area contributed by atoms with Crippen molar-refractivity contribution >= 4 is 17.6 Å². The standard InChI is InChI=1S/C19H28N4O2/c1-13(2)16-12-22(10-8-17(24)23(16)11-14-6-7-14)19(25)15-5-4-9-21-18(15)20-3/h4-5,9,13-14,16H,6-8,10-12H2,1-3H3,(H,20,21). The number of amides is 2. The fourth-order valence-electron chi connectivity index (χ4n) is 3.49. The van der Waals surface area contributed by atoms with Gasteiger partial charge in [0.2, 0.25) is 5.91 Å². The van der Waals surface area contributed by atoms with Crippen LogP contribution in [-0.4, -0.2) is 59.3 Å². The highest BCUT2D eigenvalue weighted by atomic mass is 16.2. The van der Waals surface area contributed by atoms with Crippen LogP contribution in [0.3, 0.4) is 0 Å². The molecule has 0 spiro atoms. The highest BCUT2D eigenvalue weighted by Crippen LogP contribution is 2.32. The molecule has 2 heterocycles. The molecule has 1 atom stereocenters. The summed E-state index contributed by atoms with van der Waals surface area (Å²) in [5.41, 5.74) is 0.565. The van der Waals surface area contributed by atoms with Crippen LogP contribution in [-0.2, 0) is 4.79 Å². The van der Waals surface area contributed by atoms with Gasteiger partial charge >= 0.3 is 0 Å². The van der Waals surface area contributed by atoms with Crippen LogP contribution in [0.15, 0.2) is 18.3 Å². The van der Waals surface area contributed by atoms with Gasteiger partial charge < -0.3 is 15.1 Å². The number of nitrogens with one attached hydrogen (secondary N) is 1. The summed E-state index contributed by atoms with van der Waals surface area (Å²) in [6.45, 7) is 6.18. The van der Waals surface area contributed by atoms with Crippen molar-refractivity contribution in [3.8, 4) is 0 Å². The Balaban J connectivity index is 1.82. The lowest BCUT2D eigenvalue weighted by atomic mass is 10.0. The van der Waals surface area contributed by atoms with E-state index in [0.717, 1.165) is 6.54 Å². The van der Waals surface area contributed by atoms with E-state index in [9.17, 15) is 9.59 Å². The Morgan fingerprint density at radius 1 is 1.40 bits per heavy atom. The van der Waals surface area contributed by atoms with Gasteiger partial charge in [-0.2, -0.15) is 0 Å². The van der Waals surface area contributed by atoms with Gasteiger partial charge in [0.1, 0.15) is 5.82 Å². The van der Waals surface area contributed by atoms with Gasteiger partial charge in [-0.3, -0.25) is 9.59 Å². The molecule has 25 heavy (non-hydrogen) atoms. The normalized spacial score (nSPS) is 21.4. The van der Waals surface area contributed by atoms with E-state index < -0.39 is 0 Å². The van der Waals surface area contributed by atoms with Crippen LogP contribution >= 0.6 is 0 Å². The summed E-state index contributed by atoms with van der Waals surface area (Å²) in [6, 6.07) is 3.64. The molecule has 2 aliphatic rings. The molecule has 2 amide bonds. The van der Waals surface area contributed by atoms with Crippen molar-refractivity contribution < 1.29 is 9.59 Å². The quantitative estimate of drug-likeness (QED) is 0.890. The van der Waals surface area contributed by atoms with E-state index >= 15 is 0 Å². The average molecular weight is 344 g/mol. The van der Waals surface area contributed by atoms with E-state index in [0.29, 0.717) is 42.7 Å². The van der Waals surface area contributed by atoms with Gasteiger partial charge in [0.05, 0.1) is 11.6 Å². The highest BCUT2D eigenvalue weighted by molar-refractivity contribution is 5.99. The van der Waals surface area contributed by atoms with Crippen molar-refractivity contribution in [3.05, 3.63) is 23.9 Å². The highest BCUT2D eigenvalue weighted by Gasteiger charge is 2.37. The lowest BCUT2D eigenvalue weighted by Gasteiger charge is -2.35. The Kier molecular flexibility index (Phi) is 5.25. The molecular weight excluding hydrogens is 316 g/mol. The Morgan fingerprint density at radius 2 is 2.16 bits per heavy atom. The smallest absolute Gasteiger partial charge is 0.257 e. The van der Waals surface area contributed by atoms with Crippen LogP contribution < -0.4 is 5.32 Å². The summed E-state index contributed by atoms with van der Waals surface area (Å²) in [5, 5.41) is 2.98. The van der Waals surface area contributed by atoms with Crippen LogP contribution in [0.5, 0.6) is 0 Å². The molecule has 0 aromatic carbocycles. The summed E-state index contributed by atoms with van der Waals surface area (Å²) in [4.78, 5) is 33.8. The maximum atomic E-state index is 13.1. The second-order valence-corrected chi connectivity index (χ2v) is 7.45. The first-order valence-electron chi connectivity index (χ1n) is 9.22. The number of anilines is 1. The number of rotatable bonds is 5. The van der Waals surface area contributed by atoms with Gasteiger partial charge in [-0.15, -0.1) is 0 Å². The molecule has 6 nitrogen and oxygen atoms in total.